The molecule has 0 aromatic heterocycles. The lowest BCUT2D eigenvalue weighted by atomic mass is 10.2. The van der Waals surface area contributed by atoms with Crippen molar-refractivity contribution in [3.05, 3.63) is 34.9 Å². The Bertz CT molecular complexity index is 563. The van der Waals surface area contributed by atoms with E-state index in [9.17, 15) is 9.59 Å². The Morgan fingerprint density at radius 3 is 2.46 bits per heavy atom. The van der Waals surface area contributed by atoms with Crippen LogP contribution in [-0.4, -0.2) is 68.4 Å². The number of amides is 3. The third-order valence-electron chi connectivity index (χ3n) is 3.79. The zero-order valence-electron chi connectivity index (χ0n) is 13.8. The second-order valence-electron chi connectivity index (χ2n) is 5.46. The number of benzene rings is 1. The smallest absolute Gasteiger partial charge is 0.320 e. The second-order valence-corrected chi connectivity index (χ2v) is 5.89. The number of hydrogen-bond donors (Lipinski definition) is 1. The summed E-state index contributed by atoms with van der Waals surface area (Å²) in [5, 5.41) is 3.35. The third-order valence-corrected chi connectivity index (χ3v) is 4.05. The lowest BCUT2D eigenvalue weighted by molar-refractivity contribution is -0.127. The molecule has 8 heteroatoms. The van der Waals surface area contributed by atoms with Crippen LogP contribution in [0.5, 0.6) is 0 Å². The van der Waals surface area contributed by atoms with E-state index in [1.165, 1.54) is 19.1 Å². The molecule has 132 valence electrons. The number of nitrogens with one attached hydrogen (secondary N) is 1. The molecule has 0 saturated carbocycles. The van der Waals surface area contributed by atoms with Crippen molar-refractivity contribution < 1.29 is 19.1 Å². The standard InChI is InChI=1S/C16H22ClN3O4/c1-23-15(24-2)9-18-14(21)11-20-8-7-19(16(20)22)10-12-3-5-13(17)6-4-12/h3-6,15H,7-11H2,1-2H3,(H,18,21). The first-order valence-corrected chi connectivity index (χ1v) is 8.02. The summed E-state index contributed by atoms with van der Waals surface area (Å²) in [4.78, 5) is 27.5. The van der Waals surface area contributed by atoms with E-state index in [1.807, 2.05) is 12.1 Å². The first-order valence-electron chi connectivity index (χ1n) is 7.64. The summed E-state index contributed by atoms with van der Waals surface area (Å²) in [6.45, 7) is 1.88. The molecule has 1 aliphatic heterocycles. The number of carbonyl (C=O) groups is 2. The zero-order valence-corrected chi connectivity index (χ0v) is 14.6. The summed E-state index contributed by atoms with van der Waals surface area (Å²) in [5.74, 6) is -0.240. The van der Waals surface area contributed by atoms with Gasteiger partial charge in [0.25, 0.3) is 0 Å². The number of hydrogen-bond acceptors (Lipinski definition) is 4. The van der Waals surface area contributed by atoms with Crippen LogP contribution in [0.1, 0.15) is 5.56 Å². The molecule has 0 bridgehead atoms. The van der Waals surface area contributed by atoms with Crippen molar-refractivity contribution in [1.82, 2.24) is 15.1 Å². The summed E-state index contributed by atoms with van der Waals surface area (Å²) >= 11 is 5.86. The molecule has 2 rings (SSSR count). The van der Waals surface area contributed by atoms with Crippen LogP contribution in [0.3, 0.4) is 0 Å². The number of rotatable bonds is 8. The van der Waals surface area contributed by atoms with E-state index in [-0.39, 0.29) is 25.0 Å². The third kappa shape index (κ3) is 5.09. The highest BCUT2D eigenvalue weighted by molar-refractivity contribution is 6.30. The van der Waals surface area contributed by atoms with Gasteiger partial charge in [-0.2, -0.15) is 0 Å². The molecule has 1 heterocycles. The summed E-state index contributed by atoms with van der Waals surface area (Å²) in [5.41, 5.74) is 1.00. The second kappa shape index (κ2) is 8.86. The van der Waals surface area contributed by atoms with Crippen molar-refractivity contribution in [3.63, 3.8) is 0 Å². The molecular weight excluding hydrogens is 334 g/mol. The van der Waals surface area contributed by atoms with E-state index in [2.05, 4.69) is 5.32 Å². The topological polar surface area (TPSA) is 71.1 Å². The lowest BCUT2D eigenvalue weighted by Gasteiger charge is -2.19. The van der Waals surface area contributed by atoms with E-state index >= 15 is 0 Å². The van der Waals surface area contributed by atoms with Crippen molar-refractivity contribution in [3.8, 4) is 0 Å². The molecule has 0 unspecified atom stereocenters. The Balaban J connectivity index is 1.80. The van der Waals surface area contributed by atoms with Gasteiger partial charge in [-0.25, -0.2) is 4.79 Å². The van der Waals surface area contributed by atoms with Gasteiger partial charge >= 0.3 is 6.03 Å². The molecule has 0 radical (unpaired) electrons. The normalized spacial score (nSPS) is 14.6. The van der Waals surface area contributed by atoms with Gasteiger partial charge in [0, 0.05) is 38.9 Å². The molecule has 0 aliphatic carbocycles. The van der Waals surface area contributed by atoms with E-state index in [0.717, 1.165) is 5.56 Å². The van der Waals surface area contributed by atoms with Gasteiger partial charge in [-0.05, 0) is 17.7 Å². The van der Waals surface area contributed by atoms with E-state index in [4.69, 9.17) is 21.1 Å². The van der Waals surface area contributed by atoms with Crippen LogP contribution in [0.2, 0.25) is 5.02 Å². The largest absolute Gasteiger partial charge is 0.354 e. The van der Waals surface area contributed by atoms with Crippen LogP contribution in [0.4, 0.5) is 4.79 Å². The van der Waals surface area contributed by atoms with E-state index in [1.54, 1.807) is 17.0 Å². The number of methoxy groups -OCH3 is 2. The van der Waals surface area contributed by atoms with E-state index < -0.39 is 6.29 Å². The maximum Gasteiger partial charge on any atom is 0.320 e. The van der Waals surface area contributed by atoms with Crippen molar-refractivity contribution in [2.75, 3.05) is 40.4 Å². The minimum absolute atomic E-state index is 0.0239. The number of halogens is 1. The first kappa shape index (κ1) is 18.5. The minimum Gasteiger partial charge on any atom is -0.354 e. The minimum atomic E-state index is -0.496. The Kier molecular flexibility index (Phi) is 6.84. The fourth-order valence-corrected chi connectivity index (χ4v) is 2.55. The number of urea groups is 1. The van der Waals surface area contributed by atoms with Crippen LogP contribution in [0, 0.1) is 0 Å². The number of nitrogens with zero attached hydrogens (tertiary/aromatic N) is 2. The summed E-state index contributed by atoms with van der Waals surface area (Å²) in [6.07, 6.45) is -0.496. The van der Waals surface area contributed by atoms with Gasteiger partial charge in [-0.1, -0.05) is 23.7 Å². The molecule has 0 spiro atoms. The van der Waals surface area contributed by atoms with Gasteiger partial charge in [0.15, 0.2) is 6.29 Å². The first-order chi connectivity index (χ1) is 11.5. The highest BCUT2D eigenvalue weighted by atomic mass is 35.5. The molecule has 7 nitrogen and oxygen atoms in total. The molecule has 1 saturated heterocycles. The average molecular weight is 356 g/mol. The Morgan fingerprint density at radius 1 is 1.21 bits per heavy atom. The van der Waals surface area contributed by atoms with Crippen LogP contribution >= 0.6 is 11.6 Å². The fourth-order valence-electron chi connectivity index (χ4n) is 2.43. The molecule has 24 heavy (non-hydrogen) atoms. The van der Waals surface area contributed by atoms with Crippen LogP contribution < -0.4 is 5.32 Å². The molecule has 1 N–H and O–H groups in total. The molecule has 1 aromatic carbocycles. The summed E-state index contributed by atoms with van der Waals surface area (Å²) < 4.78 is 10.00. The molecule has 0 atom stereocenters. The van der Waals surface area contributed by atoms with Gasteiger partial charge in [0.1, 0.15) is 6.54 Å². The van der Waals surface area contributed by atoms with Gasteiger partial charge in [-0.15, -0.1) is 0 Å². The Morgan fingerprint density at radius 2 is 1.83 bits per heavy atom. The van der Waals surface area contributed by atoms with Gasteiger partial charge < -0.3 is 24.6 Å². The van der Waals surface area contributed by atoms with Crippen molar-refractivity contribution in [2.24, 2.45) is 0 Å². The Hall–Kier alpha value is -1.83. The van der Waals surface area contributed by atoms with Gasteiger partial charge in [0.2, 0.25) is 5.91 Å². The van der Waals surface area contributed by atoms with Crippen LogP contribution in [-0.2, 0) is 20.8 Å². The SMILES string of the molecule is COC(CNC(=O)CN1CCN(Cc2ccc(Cl)cc2)C1=O)OC. The van der Waals surface area contributed by atoms with Gasteiger partial charge in [0.05, 0.1) is 6.54 Å². The fraction of sp³-hybridized carbons (Fsp3) is 0.500. The van der Waals surface area contributed by atoms with Crippen molar-refractivity contribution in [1.29, 1.82) is 0 Å². The highest BCUT2D eigenvalue weighted by Crippen LogP contribution is 2.15. The predicted octanol–water partition coefficient (Wildman–Crippen LogP) is 1.31. The van der Waals surface area contributed by atoms with Crippen LogP contribution in [0.25, 0.3) is 0 Å². The maximum absolute atomic E-state index is 12.4. The monoisotopic (exact) mass is 355 g/mol. The number of ether oxygens (including phenoxy) is 2. The zero-order chi connectivity index (χ0) is 17.5. The quantitative estimate of drug-likeness (QED) is 0.714. The lowest BCUT2D eigenvalue weighted by Crippen LogP contribution is -2.42. The summed E-state index contributed by atoms with van der Waals surface area (Å²) in [6, 6.07) is 7.23. The van der Waals surface area contributed by atoms with E-state index in [0.29, 0.717) is 24.7 Å². The predicted molar refractivity (Wildman–Crippen MR) is 89.6 cm³/mol. The highest BCUT2D eigenvalue weighted by Gasteiger charge is 2.29. The van der Waals surface area contributed by atoms with Gasteiger partial charge in [-0.3, -0.25) is 4.79 Å². The average Bonchev–Trinajstić information content (AvgIpc) is 2.91. The number of carbonyl (C=O) groups excluding carboxylic acids is 2. The molecule has 1 fully saturated rings. The van der Waals surface area contributed by atoms with Crippen molar-refractivity contribution >= 4 is 23.5 Å². The molecule has 1 aromatic rings. The maximum atomic E-state index is 12.4. The summed E-state index contributed by atoms with van der Waals surface area (Å²) in [7, 11) is 3.00. The molecule has 3 amide bonds. The van der Waals surface area contributed by atoms with Crippen molar-refractivity contribution in [2.45, 2.75) is 12.8 Å². The van der Waals surface area contributed by atoms with Crippen LogP contribution in [0.15, 0.2) is 24.3 Å². The molecular formula is C16H22ClN3O4. The Labute approximate surface area is 146 Å². The molecule has 1 aliphatic rings.